The minimum absolute atomic E-state index is 0.00381. The number of fused-ring (bicyclic) bond motifs is 3. The average Bonchev–Trinajstić information content (AvgIpc) is 3.01. The first-order valence-electron chi connectivity index (χ1n) is 9.33. The topological polar surface area (TPSA) is 68.2 Å². The van der Waals surface area contributed by atoms with Gasteiger partial charge in [-0.2, -0.15) is 5.10 Å². The number of carbonyl (C=O) groups excluding carboxylic acids is 2. The summed E-state index contributed by atoms with van der Waals surface area (Å²) in [5.41, 5.74) is 2.97. The van der Waals surface area contributed by atoms with Crippen molar-refractivity contribution in [3.63, 3.8) is 0 Å². The smallest absolute Gasteiger partial charge is 0.268 e. The van der Waals surface area contributed by atoms with Gasteiger partial charge in [0.2, 0.25) is 5.91 Å². The van der Waals surface area contributed by atoms with Crippen molar-refractivity contribution in [3.8, 4) is 0 Å². The zero-order valence-corrected chi connectivity index (χ0v) is 14.4. The Morgan fingerprint density at radius 1 is 1.12 bits per heavy atom. The lowest BCUT2D eigenvalue weighted by Gasteiger charge is -2.51. The Labute approximate surface area is 143 Å². The van der Waals surface area contributed by atoms with E-state index < -0.39 is 6.17 Å². The lowest BCUT2D eigenvalue weighted by Crippen LogP contribution is -2.69. The molecule has 4 aliphatic rings. The standard InChI is InChI=1S/C17H27N5O2/c1-12-18-19-16-17(24)21(11-15(23)20-9-5-2-6-10-20)13-7-3-4-8-14(13)22(12)16/h13-14,16,19H,2-11H2,1H3. The maximum absolute atomic E-state index is 13.0. The maximum Gasteiger partial charge on any atom is 0.268 e. The van der Waals surface area contributed by atoms with Crippen LogP contribution in [0.4, 0.5) is 0 Å². The van der Waals surface area contributed by atoms with Crippen LogP contribution in [0.5, 0.6) is 0 Å². The van der Waals surface area contributed by atoms with Crippen LogP contribution in [-0.2, 0) is 9.59 Å². The van der Waals surface area contributed by atoms with E-state index >= 15 is 0 Å². The first-order chi connectivity index (χ1) is 11.7. The first-order valence-corrected chi connectivity index (χ1v) is 9.33. The quantitative estimate of drug-likeness (QED) is 0.808. The van der Waals surface area contributed by atoms with Gasteiger partial charge in [-0.25, -0.2) is 0 Å². The van der Waals surface area contributed by atoms with Crippen molar-refractivity contribution in [2.24, 2.45) is 5.10 Å². The number of amidine groups is 1. The molecule has 0 aromatic rings. The molecule has 3 aliphatic heterocycles. The molecule has 2 saturated heterocycles. The molecule has 0 aromatic heterocycles. The third kappa shape index (κ3) is 2.54. The summed E-state index contributed by atoms with van der Waals surface area (Å²) >= 11 is 0. The Morgan fingerprint density at radius 3 is 2.58 bits per heavy atom. The van der Waals surface area contributed by atoms with Crippen molar-refractivity contribution >= 4 is 17.6 Å². The Morgan fingerprint density at radius 2 is 1.83 bits per heavy atom. The van der Waals surface area contributed by atoms with E-state index in [2.05, 4.69) is 15.4 Å². The van der Waals surface area contributed by atoms with Crippen molar-refractivity contribution in [3.05, 3.63) is 0 Å². The van der Waals surface area contributed by atoms with E-state index in [1.165, 1.54) is 12.8 Å². The predicted molar refractivity (Wildman–Crippen MR) is 90.1 cm³/mol. The van der Waals surface area contributed by atoms with Crippen LogP contribution < -0.4 is 5.43 Å². The van der Waals surface area contributed by atoms with Gasteiger partial charge in [0, 0.05) is 13.1 Å². The Balaban J connectivity index is 1.53. The minimum Gasteiger partial charge on any atom is -0.341 e. The van der Waals surface area contributed by atoms with E-state index in [0.29, 0.717) is 0 Å². The second-order valence-electron chi connectivity index (χ2n) is 7.42. The summed E-state index contributed by atoms with van der Waals surface area (Å²) in [5.74, 6) is 1.01. The fraction of sp³-hybridized carbons (Fsp3) is 0.824. The van der Waals surface area contributed by atoms with Crippen LogP contribution in [0.3, 0.4) is 0 Å². The summed E-state index contributed by atoms with van der Waals surface area (Å²) in [6.07, 6.45) is 7.31. The van der Waals surface area contributed by atoms with Gasteiger partial charge in [-0.05, 0) is 39.0 Å². The van der Waals surface area contributed by atoms with Crippen LogP contribution in [0.15, 0.2) is 5.10 Å². The molecule has 1 N–H and O–H groups in total. The molecule has 7 heteroatoms. The van der Waals surface area contributed by atoms with Crippen LogP contribution >= 0.6 is 0 Å². The van der Waals surface area contributed by atoms with Gasteiger partial charge in [0.15, 0.2) is 6.17 Å². The molecule has 3 fully saturated rings. The molecule has 3 heterocycles. The van der Waals surface area contributed by atoms with Crippen molar-refractivity contribution in [1.82, 2.24) is 20.1 Å². The number of carbonyl (C=O) groups is 2. The highest BCUT2D eigenvalue weighted by atomic mass is 16.2. The molecule has 7 nitrogen and oxygen atoms in total. The number of hydrogen-bond donors (Lipinski definition) is 1. The second-order valence-corrected chi connectivity index (χ2v) is 7.42. The number of piperidine rings is 1. The Kier molecular flexibility index (Phi) is 4.10. The minimum atomic E-state index is -0.418. The normalized spacial score (nSPS) is 32.9. The van der Waals surface area contributed by atoms with Gasteiger partial charge in [-0.15, -0.1) is 0 Å². The van der Waals surface area contributed by atoms with E-state index in [0.717, 1.165) is 51.0 Å². The molecule has 1 aliphatic carbocycles. The number of nitrogens with zero attached hydrogens (tertiary/aromatic N) is 4. The van der Waals surface area contributed by atoms with Crippen LogP contribution in [0.25, 0.3) is 0 Å². The summed E-state index contributed by atoms with van der Waals surface area (Å²) in [6.45, 7) is 3.86. The summed E-state index contributed by atoms with van der Waals surface area (Å²) in [5, 5.41) is 4.28. The third-order valence-corrected chi connectivity index (χ3v) is 5.98. The van der Waals surface area contributed by atoms with E-state index in [9.17, 15) is 9.59 Å². The van der Waals surface area contributed by atoms with Gasteiger partial charge in [-0.3, -0.25) is 15.0 Å². The summed E-state index contributed by atoms with van der Waals surface area (Å²) in [7, 11) is 0. The van der Waals surface area contributed by atoms with Crippen LogP contribution in [0, 0.1) is 0 Å². The highest BCUT2D eigenvalue weighted by Gasteiger charge is 2.50. The summed E-state index contributed by atoms with van der Waals surface area (Å²) in [6, 6.07) is 0.427. The zero-order chi connectivity index (χ0) is 16.7. The van der Waals surface area contributed by atoms with Crippen LogP contribution in [0.1, 0.15) is 51.9 Å². The van der Waals surface area contributed by atoms with Gasteiger partial charge >= 0.3 is 0 Å². The highest BCUT2D eigenvalue weighted by Crippen LogP contribution is 2.34. The number of likely N-dealkylation sites (tertiary alicyclic amines) is 1. The van der Waals surface area contributed by atoms with Crippen LogP contribution in [0.2, 0.25) is 0 Å². The second kappa shape index (κ2) is 6.26. The van der Waals surface area contributed by atoms with Gasteiger partial charge in [0.1, 0.15) is 12.4 Å². The molecule has 0 bridgehead atoms. The van der Waals surface area contributed by atoms with Crippen molar-refractivity contribution in [2.45, 2.75) is 70.1 Å². The van der Waals surface area contributed by atoms with Gasteiger partial charge < -0.3 is 14.7 Å². The van der Waals surface area contributed by atoms with E-state index in [-0.39, 0.29) is 30.4 Å². The predicted octanol–water partition coefficient (Wildman–Crippen LogP) is 0.717. The molecule has 0 aromatic carbocycles. The Bertz CT molecular complexity index is 557. The largest absolute Gasteiger partial charge is 0.341 e. The molecule has 1 saturated carbocycles. The lowest BCUT2D eigenvalue weighted by molar-refractivity contribution is -0.154. The molecule has 0 spiro atoms. The molecule has 132 valence electrons. The van der Waals surface area contributed by atoms with Crippen molar-refractivity contribution in [2.75, 3.05) is 19.6 Å². The summed E-state index contributed by atoms with van der Waals surface area (Å²) in [4.78, 5) is 31.6. The number of hydrazone groups is 1. The molecule has 4 rings (SSSR count). The molecule has 2 amide bonds. The monoisotopic (exact) mass is 333 g/mol. The SMILES string of the molecule is CC1=NNC2C(=O)N(CC(=O)N3CCCCC3)C3CCCCC3N12. The zero-order valence-electron chi connectivity index (χ0n) is 14.4. The van der Waals surface area contributed by atoms with Gasteiger partial charge in [0.05, 0.1) is 12.1 Å². The molecular formula is C17H27N5O2. The third-order valence-electron chi connectivity index (χ3n) is 5.98. The lowest BCUT2D eigenvalue weighted by atomic mass is 9.85. The number of amides is 2. The Hall–Kier alpha value is -1.79. The van der Waals surface area contributed by atoms with E-state index in [1.807, 2.05) is 16.7 Å². The fourth-order valence-corrected chi connectivity index (χ4v) is 4.75. The first kappa shape index (κ1) is 15.7. The molecule has 0 radical (unpaired) electrons. The summed E-state index contributed by atoms with van der Waals surface area (Å²) < 4.78 is 0. The number of nitrogens with one attached hydrogen (secondary N) is 1. The molecular weight excluding hydrogens is 306 g/mol. The molecule has 24 heavy (non-hydrogen) atoms. The highest BCUT2D eigenvalue weighted by molar-refractivity contribution is 5.94. The average molecular weight is 333 g/mol. The maximum atomic E-state index is 13.0. The van der Waals surface area contributed by atoms with Crippen molar-refractivity contribution in [1.29, 1.82) is 0 Å². The fourth-order valence-electron chi connectivity index (χ4n) is 4.75. The number of hydrogen-bond acceptors (Lipinski definition) is 5. The van der Waals surface area contributed by atoms with E-state index in [1.54, 1.807) is 0 Å². The molecule has 3 atom stereocenters. The molecule has 3 unspecified atom stereocenters. The van der Waals surface area contributed by atoms with Gasteiger partial charge in [-0.1, -0.05) is 12.8 Å². The van der Waals surface area contributed by atoms with E-state index in [4.69, 9.17) is 0 Å². The van der Waals surface area contributed by atoms with Crippen LogP contribution in [-0.4, -0.2) is 70.2 Å². The van der Waals surface area contributed by atoms with Gasteiger partial charge in [0.25, 0.3) is 5.91 Å². The number of piperazine rings is 1. The number of rotatable bonds is 2. The van der Waals surface area contributed by atoms with Crippen molar-refractivity contribution < 1.29 is 9.59 Å².